The maximum Gasteiger partial charge on any atom is 0.206 e. The van der Waals surface area contributed by atoms with Gasteiger partial charge >= 0.3 is 0 Å². The summed E-state index contributed by atoms with van der Waals surface area (Å²) in [7, 11) is 0. The predicted octanol–water partition coefficient (Wildman–Crippen LogP) is 0.564. The summed E-state index contributed by atoms with van der Waals surface area (Å²) in [6.07, 6.45) is 3.70. The third kappa shape index (κ3) is 1.54. The van der Waals surface area contributed by atoms with Crippen molar-refractivity contribution in [1.82, 2.24) is 15.1 Å². The van der Waals surface area contributed by atoms with Crippen molar-refractivity contribution in [3.8, 4) is 0 Å². The molecule has 60 valence electrons. The predicted molar refractivity (Wildman–Crippen MR) is 47.9 cm³/mol. The summed E-state index contributed by atoms with van der Waals surface area (Å²) in [5.41, 5.74) is 0. The van der Waals surface area contributed by atoms with Gasteiger partial charge in [-0.3, -0.25) is 5.32 Å². The number of aromatic nitrogens is 2. The van der Waals surface area contributed by atoms with Gasteiger partial charge in [0.15, 0.2) is 0 Å². The van der Waals surface area contributed by atoms with Gasteiger partial charge in [0.25, 0.3) is 0 Å². The second-order valence-electron chi connectivity index (χ2n) is 2.32. The highest BCUT2D eigenvalue weighted by molar-refractivity contribution is 14.1. The van der Waals surface area contributed by atoms with Crippen LogP contribution in [0, 0.1) is 3.57 Å². The van der Waals surface area contributed by atoms with E-state index in [0.29, 0.717) is 0 Å². The van der Waals surface area contributed by atoms with E-state index in [9.17, 15) is 0 Å². The molecule has 1 aromatic rings. The third-order valence-electron chi connectivity index (χ3n) is 1.51. The van der Waals surface area contributed by atoms with E-state index in [1.54, 1.807) is 4.68 Å². The zero-order chi connectivity index (χ0) is 7.68. The van der Waals surface area contributed by atoms with E-state index in [-0.39, 0.29) is 6.35 Å². The Balaban J connectivity index is 2.15. The summed E-state index contributed by atoms with van der Waals surface area (Å²) in [5, 5.41) is 7.28. The highest BCUT2D eigenvalue weighted by atomic mass is 127. The normalized spacial score (nSPS) is 24.3. The number of rotatable bonds is 1. The van der Waals surface area contributed by atoms with E-state index in [1.165, 1.54) is 0 Å². The number of hydrogen-bond acceptors (Lipinski definition) is 3. The number of hydrogen-bond donors (Lipinski definition) is 1. The van der Waals surface area contributed by atoms with Crippen LogP contribution in [0.2, 0.25) is 0 Å². The molecule has 4 nitrogen and oxygen atoms in total. The lowest BCUT2D eigenvalue weighted by molar-refractivity contribution is 0.0343. The van der Waals surface area contributed by atoms with E-state index in [2.05, 4.69) is 33.0 Å². The highest BCUT2D eigenvalue weighted by Crippen LogP contribution is 2.10. The first-order chi connectivity index (χ1) is 5.36. The van der Waals surface area contributed by atoms with Crippen LogP contribution in [0.3, 0.4) is 0 Å². The highest BCUT2D eigenvalue weighted by Gasteiger charge is 2.16. The van der Waals surface area contributed by atoms with Crippen LogP contribution in [0.1, 0.15) is 6.35 Å². The number of nitrogens with zero attached hydrogens (tertiary/aromatic N) is 2. The van der Waals surface area contributed by atoms with Crippen LogP contribution in [0.4, 0.5) is 0 Å². The molecule has 0 radical (unpaired) electrons. The van der Waals surface area contributed by atoms with E-state index in [4.69, 9.17) is 4.74 Å². The van der Waals surface area contributed by atoms with Crippen molar-refractivity contribution in [3.05, 3.63) is 16.0 Å². The number of halogens is 1. The van der Waals surface area contributed by atoms with Crippen LogP contribution in [0.15, 0.2) is 12.4 Å². The zero-order valence-corrected chi connectivity index (χ0v) is 7.98. The molecule has 1 fully saturated rings. The van der Waals surface area contributed by atoms with E-state index in [1.807, 2.05) is 12.4 Å². The van der Waals surface area contributed by atoms with Gasteiger partial charge in [0.2, 0.25) is 6.35 Å². The molecule has 0 bridgehead atoms. The van der Waals surface area contributed by atoms with Gasteiger partial charge in [-0.1, -0.05) is 0 Å². The summed E-state index contributed by atoms with van der Waals surface area (Å²) in [4.78, 5) is 0. The van der Waals surface area contributed by atoms with Crippen molar-refractivity contribution in [1.29, 1.82) is 0 Å². The topological polar surface area (TPSA) is 39.1 Å². The van der Waals surface area contributed by atoms with Crippen molar-refractivity contribution in [2.24, 2.45) is 0 Å². The van der Waals surface area contributed by atoms with Gasteiger partial charge in [0.1, 0.15) is 0 Å². The third-order valence-corrected chi connectivity index (χ3v) is 2.06. The molecule has 1 unspecified atom stereocenters. The minimum atomic E-state index is -0.0569. The van der Waals surface area contributed by atoms with Crippen LogP contribution in [0.25, 0.3) is 0 Å². The molecule has 0 amide bonds. The fourth-order valence-electron chi connectivity index (χ4n) is 1.02. The first-order valence-corrected chi connectivity index (χ1v) is 4.49. The average molecular weight is 265 g/mol. The lowest BCUT2D eigenvalue weighted by Gasteiger charge is -2.08. The molecule has 1 aromatic heterocycles. The fraction of sp³-hybridized carbons (Fsp3) is 0.500. The molecule has 0 saturated carbocycles. The second kappa shape index (κ2) is 3.08. The van der Waals surface area contributed by atoms with Crippen LogP contribution >= 0.6 is 22.6 Å². The maximum atomic E-state index is 5.34. The summed E-state index contributed by atoms with van der Waals surface area (Å²) in [6, 6.07) is 0. The molecular weight excluding hydrogens is 257 g/mol. The Morgan fingerprint density at radius 3 is 3.27 bits per heavy atom. The van der Waals surface area contributed by atoms with Gasteiger partial charge in [-0.2, -0.15) is 5.10 Å². The molecule has 0 spiro atoms. The molecule has 0 aliphatic carbocycles. The van der Waals surface area contributed by atoms with Crippen molar-refractivity contribution >= 4 is 22.6 Å². The average Bonchev–Trinajstić information content (AvgIpc) is 2.55. The first-order valence-electron chi connectivity index (χ1n) is 3.41. The van der Waals surface area contributed by atoms with Crippen LogP contribution in [-0.4, -0.2) is 22.9 Å². The Morgan fingerprint density at radius 2 is 2.73 bits per heavy atom. The van der Waals surface area contributed by atoms with Crippen LogP contribution in [-0.2, 0) is 4.74 Å². The van der Waals surface area contributed by atoms with Gasteiger partial charge in [-0.25, -0.2) is 4.68 Å². The van der Waals surface area contributed by atoms with Crippen molar-refractivity contribution < 1.29 is 4.74 Å². The Morgan fingerprint density at radius 1 is 1.82 bits per heavy atom. The molecule has 1 atom stereocenters. The fourth-order valence-corrected chi connectivity index (χ4v) is 1.43. The zero-order valence-electron chi connectivity index (χ0n) is 5.83. The molecule has 11 heavy (non-hydrogen) atoms. The Labute approximate surface area is 78.1 Å². The quantitative estimate of drug-likeness (QED) is 0.754. The molecule has 1 saturated heterocycles. The second-order valence-corrected chi connectivity index (χ2v) is 3.56. The van der Waals surface area contributed by atoms with Crippen LogP contribution in [0.5, 0.6) is 0 Å². The van der Waals surface area contributed by atoms with Gasteiger partial charge in [-0.15, -0.1) is 0 Å². The summed E-state index contributed by atoms with van der Waals surface area (Å²) in [5.74, 6) is 0. The largest absolute Gasteiger partial charge is 0.342 e. The first kappa shape index (κ1) is 7.51. The number of ether oxygens (including phenoxy) is 1. The summed E-state index contributed by atoms with van der Waals surface area (Å²) >= 11 is 2.22. The van der Waals surface area contributed by atoms with E-state index < -0.39 is 0 Å². The molecule has 5 heteroatoms. The molecule has 2 heterocycles. The van der Waals surface area contributed by atoms with Gasteiger partial charge in [0.05, 0.1) is 16.4 Å². The SMILES string of the molecule is Ic1cnn(C2NCCO2)c1. The summed E-state index contributed by atoms with van der Waals surface area (Å²) < 4.78 is 8.25. The molecule has 1 N–H and O–H groups in total. The van der Waals surface area contributed by atoms with Crippen molar-refractivity contribution in [2.45, 2.75) is 6.35 Å². The molecule has 1 aliphatic heterocycles. The monoisotopic (exact) mass is 265 g/mol. The summed E-state index contributed by atoms with van der Waals surface area (Å²) in [6.45, 7) is 1.67. The molecule has 1 aliphatic rings. The molecule has 0 aromatic carbocycles. The van der Waals surface area contributed by atoms with Gasteiger partial charge in [0, 0.05) is 12.7 Å². The number of nitrogens with one attached hydrogen (secondary N) is 1. The minimum absolute atomic E-state index is 0.0569. The van der Waals surface area contributed by atoms with Gasteiger partial charge < -0.3 is 4.74 Å². The maximum absolute atomic E-state index is 5.34. The minimum Gasteiger partial charge on any atom is -0.342 e. The van der Waals surface area contributed by atoms with Crippen molar-refractivity contribution in [3.63, 3.8) is 0 Å². The van der Waals surface area contributed by atoms with Crippen LogP contribution < -0.4 is 5.32 Å². The Kier molecular flexibility index (Phi) is 2.10. The molecule has 2 rings (SSSR count). The smallest absolute Gasteiger partial charge is 0.206 e. The van der Waals surface area contributed by atoms with E-state index >= 15 is 0 Å². The Bertz CT molecular complexity index is 244. The lowest BCUT2D eigenvalue weighted by Crippen LogP contribution is -2.21. The lowest BCUT2D eigenvalue weighted by atomic mass is 10.7. The standard InChI is InChI=1S/C6H8IN3O/c7-5-3-9-10(4-5)6-8-1-2-11-6/h3-4,6,8H,1-2H2. The van der Waals surface area contributed by atoms with Gasteiger partial charge in [-0.05, 0) is 22.6 Å². The Hall–Kier alpha value is -0.140. The van der Waals surface area contributed by atoms with Crippen molar-refractivity contribution in [2.75, 3.05) is 13.2 Å². The molecular formula is C6H8IN3O. The van der Waals surface area contributed by atoms with E-state index in [0.717, 1.165) is 16.7 Å².